The molecule has 1 heterocycles. The van der Waals surface area contributed by atoms with E-state index in [2.05, 4.69) is 68.6 Å². The van der Waals surface area contributed by atoms with Crippen molar-refractivity contribution >= 4 is 0 Å². The van der Waals surface area contributed by atoms with Gasteiger partial charge in [-0.15, -0.1) is 0 Å². The molecule has 1 aliphatic rings. The summed E-state index contributed by atoms with van der Waals surface area (Å²) in [5.74, 6) is 1.84. The van der Waals surface area contributed by atoms with E-state index in [0.29, 0.717) is 0 Å². The Morgan fingerprint density at radius 1 is 0.694 bits per heavy atom. The van der Waals surface area contributed by atoms with E-state index in [1.54, 1.807) is 0 Å². The molecular weight excluding hydrogens is 434 g/mol. The maximum Gasteiger partial charge on any atom is 0.0702 e. The van der Waals surface area contributed by atoms with Crippen molar-refractivity contribution in [3.8, 4) is 11.3 Å². The molecule has 36 heavy (non-hydrogen) atoms. The van der Waals surface area contributed by atoms with E-state index in [-0.39, 0.29) is 0 Å². The molecule has 0 saturated heterocycles. The second kappa shape index (κ2) is 17.5. The van der Waals surface area contributed by atoms with Crippen LogP contribution >= 0.6 is 0 Å². The van der Waals surface area contributed by atoms with Crippen LogP contribution in [0.2, 0.25) is 0 Å². The highest BCUT2D eigenvalue weighted by Gasteiger charge is 2.18. The SMILES string of the molecule is CCCCCCCCCc1ccc(-c2ccc(CCC=C[C@H]3CC[C@H](CCCCC)CC3)cc2)nc1. The smallest absolute Gasteiger partial charge is 0.0702 e. The van der Waals surface area contributed by atoms with Crippen molar-refractivity contribution in [2.75, 3.05) is 0 Å². The maximum atomic E-state index is 4.76. The predicted octanol–water partition coefficient (Wildman–Crippen LogP) is 10.9. The van der Waals surface area contributed by atoms with Crippen LogP contribution in [0.4, 0.5) is 0 Å². The molecule has 0 bridgehead atoms. The van der Waals surface area contributed by atoms with Crippen LogP contribution in [-0.2, 0) is 12.8 Å². The first-order chi connectivity index (χ1) is 17.8. The van der Waals surface area contributed by atoms with E-state index in [1.807, 2.05) is 0 Å². The van der Waals surface area contributed by atoms with Gasteiger partial charge in [0.25, 0.3) is 0 Å². The minimum Gasteiger partial charge on any atom is -0.256 e. The Kier molecular flexibility index (Phi) is 14.0. The van der Waals surface area contributed by atoms with Gasteiger partial charge < -0.3 is 0 Å². The topological polar surface area (TPSA) is 12.9 Å². The van der Waals surface area contributed by atoms with E-state index in [9.17, 15) is 0 Å². The van der Waals surface area contributed by atoms with Crippen molar-refractivity contribution < 1.29 is 0 Å². The summed E-state index contributed by atoms with van der Waals surface area (Å²) in [6.07, 6.45) is 31.5. The zero-order valence-electron chi connectivity index (χ0n) is 23.5. The first-order valence-electron chi connectivity index (χ1n) is 15.5. The fourth-order valence-corrected chi connectivity index (χ4v) is 5.76. The van der Waals surface area contributed by atoms with E-state index in [1.165, 1.54) is 113 Å². The Morgan fingerprint density at radius 2 is 1.36 bits per heavy atom. The number of aromatic nitrogens is 1. The van der Waals surface area contributed by atoms with Crippen LogP contribution in [0.15, 0.2) is 54.7 Å². The van der Waals surface area contributed by atoms with Crippen LogP contribution in [0, 0.1) is 11.8 Å². The van der Waals surface area contributed by atoms with Gasteiger partial charge in [0.15, 0.2) is 0 Å². The minimum atomic E-state index is 0.828. The fraction of sp³-hybridized carbons (Fsp3) is 0.629. The van der Waals surface area contributed by atoms with Gasteiger partial charge in [-0.2, -0.15) is 0 Å². The number of rotatable bonds is 17. The minimum absolute atomic E-state index is 0.828. The number of aryl methyl sites for hydroxylation is 2. The molecule has 3 rings (SSSR count). The first kappa shape index (κ1) is 28.7. The van der Waals surface area contributed by atoms with Crippen molar-refractivity contribution in [1.29, 1.82) is 0 Å². The lowest BCUT2D eigenvalue weighted by Crippen LogP contribution is -2.13. The molecule has 1 aromatic heterocycles. The molecule has 1 aromatic carbocycles. The van der Waals surface area contributed by atoms with Gasteiger partial charge in [0.05, 0.1) is 5.69 Å². The molecule has 2 aromatic rings. The molecule has 0 spiro atoms. The van der Waals surface area contributed by atoms with Crippen molar-refractivity contribution in [3.63, 3.8) is 0 Å². The number of hydrogen-bond donors (Lipinski definition) is 0. The Morgan fingerprint density at radius 3 is 2.06 bits per heavy atom. The van der Waals surface area contributed by atoms with Crippen LogP contribution in [0.25, 0.3) is 11.3 Å². The standard InChI is InChI=1S/C35H53N/c1-3-5-7-8-9-10-12-18-33-25-28-35(36-29-33)34-26-23-32(24-27-34)17-14-13-16-31-21-19-30(20-22-31)15-11-6-4-2/h13,16,23-31H,3-12,14-15,17-22H2,1-2H3/t30-,31-. The molecule has 198 valence electrons. The van der Waals surface area contributed by atoms with Crippen molar-refractivity contribution in [3.05, 3.63) is 65.9 Å². The average Bonchev–Trinajstić information content (AvgIpc) is 2.92. The van der Waals surface area contributed by atoms with Crippen molar-refractivity contribution in [2.24, 2.45) is 11.8 Å². The summed E-state index contributed by atoms with van der Waals surface area (Å²) in [5, 5.41) is 0. The van der Waals surface area contributed by atoms with Gasteiger partial charge in [-0.25, -0.2) is 0 Å². The normalized spacial score (nSPS) is 18.2. The van der Waals surface area contributed by atoms with E-state index in [4.69, 9.17) is 4.98 Å². The summed E-state index contributed by atoms with van der Waals surface area (Å²) in [7, 11) is 0. The number of hydrogen-bond acceptors (Lipinski definition) is 1. The molecule has 0 N–H and O–H groups in total. The second-order valence-corrected chi connectivity index (χ2v) is 11.4. The van der Waals surface area contributed by atoms with Crippen LogP contribution in [0.3, 0.4) is 0 Å². The summed E-state index contributed by atoms with van der Waals surface area (Å²) in [6, 6.07) is 13.6. The molecule has 1 heteroatoms. The highest BCUT2D eigenvalue weighted by atomic mass is 14.7. The molecule has 0 atom stereocenters. The molecule has 1 saturated carbocycles. The van der Waals surface area contributed by atoms with Crippen LogP contribution in [0.1, 0.15) is 128 Å². The molecule has 0 radical (unpaired) electrons. The average molecular weight is 488 g/mol. The summed E-state index contributed by atoms with van der Waals surface area (Å²) in [4.78, 5) is 4.76. The third kappa shape index (κ3) is 11.0. The lowest BCUT2D eigenvalue weighted by atomic mass is 9.79. The van der Waals surface area contributed by atoms with Crippen molar-refractivity contribution in [2.45, 2.75) is 129 Å². The molecule has 0 unspecified atom stereocenters. The molecule has 0 amide bonds. The Bertz CT molecular complexity index is 824. The quantitative estimate of drug-likeness (QED) is 0.160. The van der Waals surface area contributed by atoms with E-state index >= 15 is 0 Å². The molecule has 1 nitrogen and oxygen atoms in total. The molecule has 0 aliphatic heterocycles. The van der Waals surface area contributed by atoms with Crippen LogP contribution in [0.5, 0.6) is 0 Å². The molecular formula is C35H53N. The molecule has 1 fully saturated rings. The van der Waals surface area contributed by atoms with Gasteiger partial charge in [0, 0.05) is 11.8 Å². The second-order valence-electron chi connectivity index (χ2n) is 11.4. The number of unbranched alkanes of at least 4 members (excludes halogenated alkanes) is 8. The van der Waals surface area contributed by atoms with Gasteiger partial charge in [-0.3, -0.25) is 4.98 Å². The summed E-state index contributed by atoms with van der Waals surface area (Å²) >= 11 is 0. The van der Waals surface area contributed by atoms with Crippen LogP contribution in [-0.4, -0.2) is 4.98 Å². The summed E-state index contributed by atoms with van der Waals surface area (Å²) in [6.45, 7) is 4.59. The molecule has 1 aliphatic carbocycles. The lowest BCUT2D eigenvalue weighted by Gasteiger charge is -2.26. The third-order valence-electron chi connectivity index (χ3n) is 8.26. The predicted molar refractivity (Wildman–Crippen MR) is 158 cm³/mol. The van der Waals surface area contributed by atoms with Gasteiger partial charge in [0.1, 0.15) is 0 Å². The van der Waals surface area contributed by atoms with E-state index in [0.717, 1.165) is 36.8 Å². The van der Waals surface area contributed by atoms with Crippen LogP contribution < -0.4 is 0 Å². The zero-order valence-corrected chi connectivity index (χ0v) is 23.5. The van der Waals surface area contributed by atoms with Gasteiger partial charge in [-0.1, -0.05) is 121 Å². The Labute approximate surface area is 223 Å². The number of allylic oxidation sites excluding steroid dienone is 2. The van der Waals surface area contributed by atoms with Crippen molar-refractivity contribution in [1.82, 2.24) is 4.98 Å². The number of pyridine rings is 1. The monoisotopic (exact) mass is 487 g/mol. The number of nitrogens with zero attached hydrogens (tertiary/aromatic N) is 1. The van der Waals surface area contributed by atoms with Gasteiger partial charge >= 0.3 is 0 Å². The van der Waals surface area contributed by atoms with Gasteiger partial charge in [-0.05, 0) is 80.4 Å². The Balaban J connectivity index is 1.32. The third-order valence-corrected chi connectivity index (χ3v) is 8.26. The highest BCUT2D eigenvalue weighted by molar-refractivity contribution is 5.59. The lowest BCUT2D eigenvalue weighted by molar-refractivity contribution is 0.289. The highest BCUT2D eigenvalue weighted by Crippen LogP contribution is 2.32. The maximum absolute atomic E-state index is 4.76. The summed E-state index contributed by atoms with van der Waals surface area (Å²) < 4.78 is 0. The summed E-state index contributed by atoms with van der Waals surface area (Å²) in [5.41, 5.74) is 5.13. The Hall–Kier alpha value is -1.89. The fourth-order valence-electron chi connectivity index (χ4n) is 5.76. The first-order valence-corrected chi connectivity index (χ1v) is 15.5. The van der Waals surface area contributed by atoms with E-state index < -0.39 is 0 Å². The van der Waals surface area contributed by atoms with Gasteiger partial charge in [0.2, 0.25) is 0 Å². The zero-order chi connectivity index (χ0) is 25.3. The largest absolute Gasteiger partial charge is 0.256 e. The number of benzene rings is 1.